The fourth-order valence-electron chi connectivity index (χ4n) is 4.46. The van der Waals surface area contributed by atoms with Crippen LogP contribution in [0.4, 0.5) is 11.4 Å². The number of fused-ring (bicyclic) bond motifs is 1. The average Bonchev–Trinajstić information content (AvgIpc) is 3.54. The highest BCUT2D eigenvalue weighted by Crippen LogP contribution is 2.48. The first-order valence-corrected chi connectivity index (χ1v) is 11.8. The lowest BCUT2D eigenvalue weighted by Gasteiger charge is -2.08. The molecular weight excluding hydrogens is 450 g/mol. The Labute approximate surface area is 207 Å². The van der Waals surface area contributed by atoms with Gasteiger partial charge in [-0.15, -0.1) is 0 Å². The maximum Gasteiger partial charge on any atom is 0.255 e. The number of nitrogens with zero attached hydrogens (tertiary/aromatic N) is 3. The SMILES string of the molecule is O=C(Nc1ccc(-n2ccnc2)cc1)c1ccc([C@@H]2C[C@H]2C(=O)Nc2ccc3cnccc3c2)cc1. The Kier molecular flexibility index (Phi) is 5.50. The van der Waals surface area contributed by atoms with Crippen molar-refractivity contribution in [3.8, 4) is 5.69 Å². The van der Waals surface area contributed by atoms with Crippen LogP contribution in [0.15, 0.2) is 104 Å². The second-order valence-corrected chi connectivity index (χ2v) is 8.97. The van der Waals surface area contributed by atoms with E-state index in [-0.39, 0.29) is 23.7 Å². The van der Waals surface area contributed by atoms with Crippen LogP contribution in [0.5, 0.6) is 0 Å². The second-order valence-electron chi connectivity index (χ2n) is 8.97. The third-order valence-corrected chi connectivity index (χ3v) is 6.56. The van der Waals surface area contributed by atoms with Gasteiger partial charge in [-0.25, -0.2) is 4.98 Å². The van der Waals surface area contributed by atoms with Gasteiger partial charge < -0.3 is 15.2 Å². The number of carbonyl (C=O) groups is 2. The minimum atomic E-state index is -0.173. The molecule has 6 rings (SSSR count). The molecule has 2 atom stereocenters. The monoisotopic (exact) mass is 473 g/mol. The number of amides is 2. The Bertz CT molecular complexity index is 1540. The van der Waals surface area contributed by atoms with Crippen LogP contribution in [0.25, 0.3) is 16.5 Å². The normalized spacial score (nSPS) is 16.4. The minimum absolute atomic E-state index is 0.0226. The quantitative estimate of drug-likeness (QED) is 0.345. The van der Waals surface area contributed by atoms with Crippen LogP contribution in [-0.4, -0.2) is 26.3 Å². The molecule has 3 aromatic carbocycles. The highest BCUT2D eigenvalue weighted by Gasteiger charge is 2.43. The molecule has 2 amide bonds. The first-order chi connectivity index (χ1) is 17.6. The van der Waals surface area contributed by atoms with Crippen LogP contribution in [0, 0.1) is 5.92 Å². The summed E-state index contributed by atoms with van der Waals surface area (Å²) in [6, 6.07) is 22.8. The topological polar surface area (TPSA) is 88.9 Å². The van der Waals surface area contributed by atoms with Gasteiger partial charge in [0.2, 0.25) is 5.91 Å². The van der Waals surface area contributed by atoms with E-state index in [1.807, 2.05) is 83.6 Å². The fourth-order valence-corrected chi connectivity index (χ4v) is 4.46. The Morgan fingerprint density at radius 3 is 2.39 bits per heavy atom. The first kappa shape index (κ1) is 21.7. The molecule has 0 spiro atoms. The van der Waals surface area contributed by atoms with Gasteiger partial charge in [-0.2, -0.15) is 0 Å². The van der Waals surface area contributed by atoms with Crippen LogP contribution in [-0.2, 0) is 4.79 Å². The second kappa shape index (κ2) is 9.11. The van der Waals surface area contributed by atoms with E-state index < -0.39 is 0 Å². The predicted octanol–water partition coefficient (Wildman–Crippen LogP) is 5.42. The molecule has 0 aliphatic heterocycles. The number of aromatic nitrogens is 3. The average molecular weight is 474 g/mol. The third-order valence-electron chi connectivity index (χ3n) is 6.56. The number of hydrogen-bond acceptors (Lipinski definition) is 4. The molecule has 1 saturated carbocycles. The molecule has 5 aromatic rings. The lowest BCUT2D eigenvalue weighted by atomic mass is 10.1. The van der Waals surface area contributed by atoms with Gasteiger partial charge >= 0.3 is 0 Å². The van der Waals surface area contributed by atoms with E-state index in [2.05, 4.69) is 20.6 Å². The molecule has 0 unspecified atom stereocenters. The van der Waals surface area contributed by atoms with Gasteiger partial charge in [0.15, 0.2) is 0 Å². The Morgan fingerprint density at radius 1 is 0.806 bits per heavy atom. The van der Waals surface area contributed by atoms with Crippen LogP contribution in [0.3, 0.4) is 0 Å². The smallest absolute Gasteiger partial charge is 0.255 e. The van der Waals surface area contributed by atoms with Crippen molar-refractivity contribution in [2.45, 2.75) is 12.3 Å². The summed E-state index contributed by atoms with van der Waals surface area (Å²) in [6.45, 7) is 0. The van der Waals surface area contributed by atoms with E-state index in [1.165, 1.54) is 0 Å². The zero-order valence-electron chi connectivity index (χ0n) is 19.3. The summed E-state index contributed by atoms with van der Waals surface area (Å²) in [5.41, 5.74) is 4.12. The predicted molar refractivity (Wildman–Crippen MR) is 139 cm³/mol. The van der Waals surface area contributed by atoms with Gasteiger partial charge in [-0.1, -0.05) is 18.2 Å². The molecule has 0 bridgehead atoms. The van der Waals surface area contributed by atoms with Crippen molar-refractivity contribution in [2.75, 3.05) is 10.6 Å². The molecule has 1 fully saturated rings. The number of nitrogens with one attached hydrogen (secondary N) is 2. The molecule has 2 N–H and O–H groups in total. The van der Waals surface area contributed by atoms with Crippen LogP contribution in [0.2, 0.25) is 0 Å². The number of hydrogen-bond donors (Lipinski definition) is 2. The molecule has 176 valence electrons. The first-order valence-electron chi connectivity index (χ1n) is 11.8. The molecular formula is C29H23N5O2. The fraction of sp³-hybridized carbons (Fsp3) is 0.103. The number of carbonyl (C=O) groups excluding carboxylic acids is 2. The number of pyridine rings is 1. The number of rotatable bonds is 6. The lowest BCUT2D eigenvalue weighted by Crippen LogP contribution is -2.14. The van der Waals surface area contributed by atoms with E-state index in [0.717, 1.165) is 39.8 Å². The van der Waals surface area contributed by atoms with Crippen molar-refractivity contribution in [1.82, 2.24) is 14.5 Å². The molecule has 1 aliphatic rings. The van der Waals surface area contributed by atoms with Crippen molar-refractivity contribution in [1.29, 1.82) is 0 Å². The Morgan fingerprint density at radius 2 is 1.61 bits per heavy atom. The van der Waals surface area contributed by atoms with Gasteiger partial charge in [-0.3, -0.25) is 14.6 Å². The highest BCUT2D eigenvalue weighted by atomic mass is 16.2. The third kappa shape index (κ3) is 4.46. The summed E-state index contributed by atoms with van der Waals surface area (Å²) >= 11 is 0. The van der Waals surface area contributed by atoms with Gasteiger partial charge in [0.1, 0.15) is 0 Å². The highest BCUT2D eigenvalue weighted by molar-refractivity contribution is 6.04. The summed E-state index contributed by atoms with van der Waals surface area (Å²) in [7, 11) is 0. The summed E-state index contributed by atoms with van der Waals surface area (Å²) in [5, 5.41) is 8.04. The van der Waals surface area contributed by atoms with Crippen molar-refractivity contribution in [2.24, 2.45) is 5.92 Å². The van der Waals surface area contributed by atoms with E-state index >= 15 is 0 Å². The van der Waals surface area contributed by atoms with Gasteiger partial charge in [-0.05, 0) is 77.9 Å². The van der Waals surface area contributed by atoms with Crippen molar-refractivity contribution in [3.63, 3.8) is 0 Å². The molecule has 0 radical (unpaired) electrons. The van der Waals surface area contributed by atoms with Crippen LogP contribution in [0.1, 0.15) is 28.3 Å². The van der Waals surface area contributed by atoms with Crippen LogP contribution >= 0.6 is 0 Å². The number of imidazole rings is 1. The maximum absolute atomic E-state index is 12.8. The van der Waals surface area contributed by atoms with Crippen LogP contribution < -0.4 is 10.6 Å². The van der Waals surface area contributed by atoms with Gasteiger partial charge in [0.25, 0.3) is 5.91 Å². The Hall–Kier alpha value is -4.78. The van der Waals surface area contributed by atoms with E-state index in [0.29, 0.717) is 5.56 Å². The summed E-state index contributed by atoms with van der Waals surface area (Å²) in [5.74, 6) is -0.0443. The molecule has 7 heteroatoms. The molecule has 7 nitrogen and oxygen atoms in total. The van der Waals surface area contributed by atoms with Crippen molar-refractivity contribution in [3.05, 3.63) is 115 Å². The number of benzene rings is 3. The van der Waals surface area contributed by atoms with Gasteiger partial charge in [0.05, 0.1) is 6.33 Å². The lowest BCUT2D eigenvalue weighted by molar-refractivity contribution is -0.117. The largest absolute Gasteiger partial charge is 0.326 e. The molecule has 36 heavy (non-hydrogen) atoms. The van der Waals surface area contributed by atoms with E-state index in [4.69, 9.17) is 0 Å². The summed E-state index contributed by atoms with van der Waals surface area (Å²) in [4.78, 5) is 33.6. The Balaban J connectivity index is 1.06. The van der Waals surface area contributed by atoms with E-state index in [9.17, 15) is 9.59 Å². The van der Waals surface area contributed by atoms with Crippen molar-refractivity contribution < 1.29 is 9.59 Å². The minimum Gasteiger partial charge on any atom is -0.326 e. The summed E-state index contributed by atoms with van der Waals surface area (Å²) in [6.07, 6.45) is 9.67. The van der Waals surface area contributed by atoms with E-state index in [1.54, 1.807) is 24.9 Å². The molecule has 1 aliphatic carbocycles. The summed E-state index contributed by atoms with van der Waals surface area (Å²) < 4.78 is 1.90. The number of anilines is 2. The van der Waals surface area contributed by atoms with Gasteiger partial charge in [0, 0.05) is 58.7 Å². The standard InChI is InChI=1S/C29H23N5O2/c35-28(32-23-7-9-25(10-8-23)34-14-13-31-18-34)20-3-1-19(2-4-20)26-16-27(26)29(36)33-24-6-5-22-17-30-12-11-21(22)15-24/h1-15,17-18,26-27H,16H2,(H,32,35)(H,33,36)/t26-,27+/m0/s1. The maximum atomic E-state index is 12.8. The molecule has 2 heterocycles. The molecule has 0 saturated heterocycles. The zero-order chi connectivity index (χ0) is 24.5. The van der Waals surface area contributed by atoms with Crippen molar-refractivity contribution >= 4 is 34.0 Å². The molecule has 2 aromatic heterocycles. The zero-order valence-corrected chi connectivity index (χ0v) is 19.3.